The Labute approximate surface area is 211 Å². The van der Waals surface area contributed by atoms with Gasteiger partial charge in [-0.25, -0.2) is 17.6 Å². The Balaban J connectivity index is 2.05. The van der Waals surface area contributed by atoms with Crippen molar-refractivity contribution in [3.63, 3.8) is 0 Å². The number of sulfonamides is 1. The summed E-state index contributed by atoms with van der Waals surface area (Å²) in [7, 11) is -3.91. The Bertz CT molecular complexity index is 1490. The van der Waals surface area contributed by atoms with Gasteiger partial charge in [0, 0.05) is 5.57 Å². The van der Waals surface area contributed by atoms with E-state index in [1.165, 1.54) is 48.5 Å². The molecule has 4 rings (SSSR count). The number of ether oxygens (including phenoxy) is 1. The van der Waals surface area contributed by atoms with Gasteiger partial charge in [0.15, 0.2) is 5.54 Å². The van der Waals surface area contributed by atoms with Gasteiger partial charge in [0.2, 0.25) is 10.0 Å². The normalized spacial score (nSPS) is 19.0. The van der Waals surface area contributed by atoms with E-state index in [1.807, 2.05) is 0 Å². The lowest BCUT2D eigenvalue weighted by Crippen LogP contribution is -2.67. The van der Waals surface area contributed by atoms with Gasteiger partial charge < -0.3 is 4.74 Å². The molecular formula is C27H21F4NO4S. The number of aryl methyl sites for hydroxylation is 1. The summed E-state index contributed by atoms with van der Waals surface area (Å²) in [5, 5.41) is 0. The number of benzene rings is 3. The highest BCUT2D eigenvalue weighted by atomic mass is 32.2. The summed E-state index contributed by atoms with van der Waals surface area (Å²) in [5.41, 5.74) is -4.03. The van der Waals surface area contributed by atoms with Gasteiger partial charge in [-0.1, -0.05) is 60.2 Å². The lowest BCUT2D eigenvalue weighted by Gasteiger charge is -2.48. The highest BCUT2D eigenvalue weighted by molar-refractivity contribution is 7.89. The topological polar surface area (TPSA) is 72.5 Å². The van der Waals surface area contributed by atoms with E-state index in [4.69, 9.17) is 0 Å². The minimum atomic E-state index is -5.31. The van der Waals surface area contributed by atoms with Crippen LogP contribution < -0.4 is 4.72 Å². The Hall–Kier alpha value is -3.76. The molecule has 0 aliphatic heterocycles. The molecule has 3 aromatic rings. The van der Waals surface area contributed by atoms with Crippen LogP contribution >= 0.6 is 0 Å². The van der Waals surface area contributed by atoms with Crippen LogP contribution in [0.15, 0.2) is 94.9 Å². The Morgan fingerprint density at radius 2 is 1.54 bits per heavy atom. The molecule has 3 aromatic carbocycles. The first-order valence-electron chi connectivity index (χ1n) is 10.9. The lowest BCUT2D eigenvalue weighted by molar-refractivity contribution is -0.175. The van der Waals surface area contributed by atoms with Gasteiger partial charge in [0.1, 0.15) is 5.82 Å². The van der Waals surface area contributed by atoms with Crippen molar-refractivity contribution >= 4 is 27.6 Å². The van der Waals surface area contributed by atoms with Crippen LogP contribution in [0.4, 0.5) is 17.6 Å². The number of carbonyl (C=O) groups is 1. The Morgan fingerprint density at radius 3 is 2.08 bits per heavy atom. The quantitative estimate of drug-likeness (QED) is 0.340. The van der Waals surface area contributed by atoms with E-state index in [0.717, 1.165) is 25.3 Å². The molecule has 0 bridgehead atoms. The zero-order valence-corrected chi connectivity index (χ0v) is 20.5. The molecule has 192 valence electrons. The number of esters is 1. The van der Waals surface area contributed by atoms with Crippen molar-refractivity contribution in [3.8, 4) is 0 Å². The molecule has 0 saturated carbocycles. The van der Waals surface area contributed by atoms with Crippen molar-refractivity contribution in [1.29, 1.82) is 0 Å². The summed E-state index contributed by atoms with van der Waals surface area (Å²) in [6.45, 7) is 1.70. The van der Waals surface area contributed by atoms with Crippen molar-refractivity contribution in [1.82, 2.24) is 4.72 Å². The van der Waals surface area contributed by atoms with Crippen molar-refractivity contribution in [3.05, 3.63) is 113 Å². The molecule has 1 N–H and O–H groups in total. The predicted molar refractivity (Wildman–Crippen MR) is 130 cm³/mol. The minimum absolute atomic E-state index is 0.0818. The fraction of sp³-hybridized carbons (Fsp3) is 0.148. The third-order valence-electron chi connectivity index (χ3n) is 5.98. The van der Waals surface area contributed by atoms with E-state index in [1.54, 1.807) is 29.8 Å². The maximum atomic E-state index is 15.0. The number of hydrogen-bond donors (Lipinski definition) is 1. The third-order valence-corrected chi connectivity index (χ3v) is 7.44. The smallest absolute Gasteiger partial charge is 0.416 e. The van der Waals surface area contributed by atoms with Gasteiger partial charge in [-0.05, 0) is 54.0 Å². The Morgan fingerprint density at radius 1 is 0.946 bits per heavy atom. The second-order valence-corrected chi connectivity index (χ2v) is 10.1. The monoisotopic (exact) mass is 531 g/mol. The summed E-state index contributed by atoms with van der Waals surface area (Å²) in [5.74, 6) is -2.02. The number of nitrogens with one attached hydrogen (secondary N) is 1. The standard InChI is InChI=1S/C27H21F4NO4S/c1-17-8-14-21(15-9-17)37(34,35)32-26(27(29,30)31)22(16-18-6-4-3-5-7-18)23(24(26)25(33)36-2)19-10-12-20(28)13-11-19/h3-16,32H,1-2H3/b22-16+. The summed E-state index contributed by atoms with van der Waals surface area (Å²) < 4.78 is 91.8. The number of methoxy groups -OCH3 is 1. The SMILES string of the molecule is COC(=O)C1=C(c2ccc(F)cc2)/C(=C\c2ccccc2)C1(NS(=O)(=O)c1ccc(C)cc1)C(F)(F)F. The molecule has 10 heteroatoms. The maximum absolute atomic E-state index is 15.0. The molecule has 1 atom stereocenters. The predicted octanol–water partition coefficient (Wildman–Crippen LogP) is 5.44. The van der Waals surface area contributed by atoms with E-state index in [0.29, 0.717) is 11.1 Å². The highest BCUT2D eigenvalue weighted by Gasteiger charge is 2.70. The fourth-order valence-electron chi connectivity index (χ4n) is 4.19. The van der Waals surface area contributed by atoms with Crippen LogP contribution in [-0.4, -0.2) is 33.2 Å². The number of halogens is 4. The number of rotatable bonds is 6. The van der Waals surface area contributed by atoms with E-state index >= 15 is 13.2 Å². The first-order chi connectivity index (χ1) is 17.4. The molecule has 1 aliphatic carbocycles. The van der Waals surface area contributed by atoms with Gasteiger partial charge in [0.05, 0.1) is 17.6 Å². The average Bonchev–Trinajstić information content (AvgIpc) is 2.85. The molecule has 1 unspecified atom stereocenters. The van der Waals surface area contributed by atoms with Gasteiger partial charge in [-0.2, -0.15) is 17.9 Å². The molecule has 0 fully saturated rings. The molecule has 0 spiro atoms. The third kappa shape index (κ3) is 4.70. The number of alkyl halides is 3. The molecule has 5 nitrogen and oxygen atoms in total. The van der Waals surface area contributed by atoms with Crippen LogP contribution in [-0.2, 0) is 19.6 Å². The summed E-state index contributed by atoms with van der Waals surface area (Å²) in [4.78, 5) is 12.4. The number of carbonyl (C=O) groups excluding carboxylic acids is 1. The van der Waals surface area contributed by atoms with Gasteiger partial charge in [-0.3, -0.25) is 0 Å². The first-order valence-corrected chi connectivity index (χ1v) is 12.4. The first kappa shape index (κ1) is 26.3. The van der Waals surface area contributed by atoms with Crippen LogP contribution in [0.1, 0.15) is 16.7 Å². The zero-order chi connectivity index (χ0) is 27.0. The minimum Gasteiger partial charge on any atom is -0.466 e. The van der Waals surface area contributed by atoms with E-state index in [9.17, 15) is 17.6 Å². The second kappa shape index (κ2) is 9.60. The summed E-state index contributed by atoms with van der Waals surface area (Å²) in [6.07, 6.45) is -4.16. The van der Waals surface area contributed by atoms with Crippen molar-refractivity contribution in [2.45, 2.75) is 23.5 Å². The molecule has 0 amide bonds. The zero-order valence-electron chi connectivity index (χ0n) is 19.6. The molecule has 0 radical (unpaired) electrons. The molecule has 0 heterocycles. The molecule has 37 heavy (non-hydrogen) atoms. The van der Waals surface area contributed by atoms with Gasteiger partial charge in [0.25, 0.3) is 0 Å². The van der Waals surface area contributed by atoms with Crippen molar-refractivity contribution in [2.75, 3.05) is 7.11 Å². The molecule has 0 saturated heterocycles. The lowest BCUT2D eigenvalue weighted by atomic mass is 9.63. The largest absolute Gasteiger partial charge is 0.466 e. The highest BCUT2D eigenvalue weighted by Crippen LogP contribution is 2.58. The van der Waals surface area contributed by atoms with E-state index < -0.39 is 49.6 Å². The van der Waals surface area contributed by atoms with Crippen molar-refractivity contribution < 1.29 is 35.5 Å². The van der Waals surface area contributed by atoms with E-state index in [-0.39, 0.29) is 11.1 Å². The van der Waals surface area contributed by atoms with Crippen LogP contribution in [0.2, 0.25) is 0 Å². The van der Waals surface area contributed by atoms with Crippen LogP contribution in [0, 0.1) is 12.7 Å². The molecule has 1 aliphatic rings. The van der Waals surface area contributed by atoms with Gasteiger partial charge in [-0.15, -0.1) is 0 Å². The molecule has 0 aromatic heterocycles. The summed E-state index contributed by atoms with van der Waals surface area (Å²) in [6, 6.07) is 17.6. The second-order valence-electron chi connectivity index (χ2n) is 8.38. The van der Waals surface area contributed by atoms with E-state index in [2.05, 4.69) is 4.74 Å². The van der Waals surface area contributed by atoms with Gasteiger partial charge >= 0.3 is 12.1 Å². The number of hydrogen-bond acceptors (Lipinski definition) is 4. The summed E-state index contributed by atoms with van der Waals surface area (Å²) >= 11 is 0. The maximum Gasteiger partial charge on any atom is 0.416 e. The fourth-order valence-corrected chi connectivity index (χ4v) is 5.53. The average molecular weight is 532 g/mol. The van der Waals surface area contributed by atoms with Crippen molar-refractivity contribution in [2.24, 2.45) is 0 Å². The van der Waals surface area contributed by atoms with Crippen LogP contribution in [0.5, 0.6) is 0 Å². The molecular weight excluding hydrogens is 510 g/mol. The van der Waals surface area contributed by atoms with Crippen LogP contribution in [0.25, 0.3) is 11.6 Å². The van der Waals surface area contributed by atoms with Crippen LogP contribution in [0.3, 0.4) is 0 Å². The Kier molecular flexibility index (Phi) is 6.83.